The molecule has 0 radical (unpaired) electrons. The van der Waals surface area contributed by atoms with Crippen molar-refractivity contribution in [3.8, 4) is 0 Å². The third kappa shape index (κ3) is 2.62. The van der Waals surface area contributed by atoms with E-state index in [0.29, 0.717) is 18.5 Å². The Labute approximate surface area is 169 Å². The topological polar surface area (TPSA) is 61.4 Å². The van der Waals surface area contributed by atoms with Gasteiger partial charge in [0.2, 0.25) is 11.8 Å². The number of carbonyl (C=O) groups is 2. The second-order valence-electron chi connectivity index (χ2n) is 8.35. The number of anilines is 1. The largest absolute Gasteiger partial charge is 0.352 e. The molecule has 0 aromatic heterocycles. The Morgan fingerprint density at radius 1 is 1.31 bits per heavy atom. The molecule has 2 saturated heterocycles. The molecular formula is C23H24FN3O2. The maximum atomic E-state index is 13.5. The molecule has 6 heteroatoms. The van der Waals surface area contributed by atoms with Crippen molar-refractivity contribution in [2.45, 2.75) is 44.3 Å². The minimum absolute atomic E-state index is 0.0964. The van der Waals surface area contributed by atoms with Crippen molar-refractivity contribution in [1.29, 1.82) is 0 Å². The highest BCUT2D eigenvalue weighted by molar-refractivity contribution is 6.09. The summed E-state index contributed by atoms with van der Waals surface area (Å²) < 4.78 is 13.5. The Balaban J connectivity index is 1.46. The van der Waals surface area contributed by atoms with Crippen LogP contribution < -0.4 is 10.6 Å². The lowest BCUT2D eigenvalue weighted by Gasteiger charge is -2.36. The highest BCUT2D eigenvalue weighted by Gasteiger charge is 2.65. The zero-order valence-corrected chi connectivity index (χ0v) is 16.4. The maximum Gasteiger partial charge on any atom is 0.250 e. The van der Waals surface area contributed by atoms with Crippen LogP contribution in [0.2, 0.25) is 0 Å². The number of halogens is 1. The average Bonchev–Trinajstić information content (AvgIpc) is 3.37. The predicted molar refractivity (Wildman–Crippen MR) is 108 cm³/mol. The first-order valence-corrected chi connectivity index (χ1v) is 10.2. The fourth-order valence-corrected chi connectivity index (χ4v) is 5.51. The van der Waals surface area contributed by atoms with E-state index in [2.05, 4.69) is 15.5 Å². The SMILES string of the molecule is Cc1cc(CNC(=O)[C@@H]2C[C@H]3CCCN3[C@]23C(=O)Nc2ccccc23)ccc1F. The second kappa shape index (κ2) is 6.66. The van der Waals surface area contributed by atoms with Gasteiger partial charge < -0.3 is 10.6 Å². The lowest BCUT2D eigenvalue weighted by atomic mass is 9.78. The molecule has 2 fully saturated rings. The number of para-hydroxylation sites is 1. The van der Waals surface area contributed by atoms with Crippen molar-refractivity contribution in [3.63, 3.8) is 0 Å². The zero-order chi connectivity index (χ0) is 20.2. The number of aryl methyl sites for hydroxylation is 1. The summed E-state index contributed by atoms with van der Waals surface area (Å²) in [4.78, 5) is 28.9. The van der Waals surface area contributed by atoms with Crippen molar-refractivity contribution in [2.75, 3.05) is 11.9 Å². The van der Waals surface area contributed by atoms with E-state index in [4.69, 9.17) is 0 Å². The number of nitrogens with one attached hydrogen (secondary N) is 2. The summed E-state index contributed by atoms with van der Waals surface area (Å²) in [7, 11) is 0. The van der Waals surface area contributed by atoms with E-state index in [1.165, 1.54) is 6.07 Å². The van der Waals surface area contributed by atoms with Gasteiger partial charge in [0.25, 0.3) is 0 Å². The van der Waals surface area contributed by atoms with Gasteiger partial charge in [-0.2, -0.15) is 0 Å². The molecule has 0 saturated carbocycles. The third-order valence-corrected chi connectivity index (χ3v) is 6.78. The molecule has 29 heavy (non-hydrogen) atoms. The van der Waals surface area contributed by atoms with Crippen LogP contribution in [0.25, 0.3) is 0 Å². The zero-order valence-electron chi connectivity index (χ0n) is 16.4. The second-order valence-corrected chi connectivity index (χ2v) is 8.35. The van der Waals surface area contributed by atoms with Gasteiger partial charge in [0.05, 0.1) is 5.92 Å². The Kier molecular flexibility index (Phi) is 4.21. The van der Waals surface area contributed by atoms with Gasteiger partial charge in [-0.05, 0) is 56.0 Å². The van der Waals surface area contributed by atoms with Gasteiger partial charge in [-0.3, -0.25) is 14.5 Å². The molecule has 5 nitrogen and oxygen atoms in total. The smallest absolute Gasteiger partial charge is 0.250 e. The first-order valence-electron chi connectivity index (χ1n) is 10.2. The van der Waals surface area contributed by atoms with Crippen LogP contribution in [0.3, 0.4) is 0 Å². The third-order valence-electron chi connectivity index (χ3n) is 6.78. The number of hydrogen-bond donors (Lipinski definition) is 2. The Morgan fingerprint density at radius 2 is 2.14 bits per heavy atom. The van der Waals surface area contributed by atoms with Crippen LogP contribution >= 0.6 is 0 Å². The summed E-state index contributed by atoms with van der Waals surface area (Å²) in [6, 6.07) is 12.8. The van der Waals surface area contributed by atoms with Gasteiger partial charge in [-0.1, -0.05) is 30.3 Å². The molecule has 3 heterocycles. The van der Waals surface area contributed by atoms with Crippen LogP contribution in [-0.2, 0) is 21.7 Å². The van der Waals surface area contributed by atoms with E-state index in [1.54, 1.807) is 19.1 Å². The molecule has 1 spiro atoms. The standard InChI is InChI=1S/C23H24FN3O2/c1-14-11-15(8-9-19(14)24)13-25-21(28)18-12-16-5-4-10-27(16)23(18)17-6-2-3-7-20(17)26-22(23)29/h2-3,6-9,11,16,18H,4-5,10,12-13H2,1H3,(H,25,28)(H,26,29)/t16-,18+,23+/m1/s1. The van der Waals surface area contributed by atoms with E-state index >= 15 is 0 Å². The van der Waals surface area contributed by atoms with Gasteiger partial charge in [-0.15, -0.1) is 0 Å². The number of benzene rings is 2. The van der Waals surface area contributed by atoms with Gasteiger partial charge in [0, 0.05) is 23.8 Å². The molecule has 0 bridgehead atoms. The highest BCUT2D eigenvalue weighted by atomic mass is 19.1. The first-order chi connectivity index (χ1) is 14.0. The Morgan fingerprint density at radius 3 is 2.97 bits per heavy atom. The van der Waals surface area contributed by atoms with Gasteiger partial charge in [-0.25, -0.2) is 4.39 Å². The molecule has 5 rings (SSSR count). The van der Waals surface area contributed by atoms with Crippen LogP contribution in [0.4, 0.5) is 10.1 Å². The van der Waals surface area contributed by atoms with Crippen LogP contribution in [0.1, 0.15) is 36.0 Å². The van der Waals surface area contributed by atoms with Crippen LogP contribution in [0.15, 0.2) is 42.5 Å². The first kappa shape index (κ1) is 18.3. The summed E-state index contributed by atoms with van der Waals surface area (Å²) in [6.07, 6.45) is 2.74. The summed E-state index contributed by atoms with van der Waals surface area (Å²) in [5.74, 6) is -0.915. The van der Waals surface area contributed by atoms with Crippen molar-refractivity contribution in [3.05, 3.63) is 65.0 Å². The van der Waals surface area contributed by atoms with Gasteiger partial charge in [0.1, 0.15) is 11.4 Å². The number of fused-ring (bicyclic) bond motifs is 4. The fourth-order valence-electron chi connectivity index (χ4n) is 5.51. The molecule has 3 atom stereocenters. The molecule has 3 aliphatic heterocycles. The maximum absolute atomic E-state index is 13.5. The normalized spacial score (nSPS) is 27.7. The number of carbonyl (C=O) groups excluding carboxylic acids is 2. The number of hydrogen-bond acceptors (Lipinski definition) is 3. The molecule has 150 valence electrons. The summed E-state index contributed by atoms with van der Waals surface area (Å²) in [5.41, 5.74) is 2.18. The Hall–Kier alpha value is -2.73. The summed E-state index contributed by atoms with van der Waals surface area (Å²) in [6.45, 7) is 2.86. The van der Waals surface area contributed by atoms with Crippen LogP contribution in [0, 0.1) is 18.7 Å². The molecule has 2 N–H and O–H groups in total. The summed E-state index contributed by atoms with van der Waals surface area (Å²) >= 11 is 0. The minimum atomic E-state index is -0.930. The van der Waals surface area contributed by atoms with E-state index in [9.17, 15) is 14.0 Å². The minimum Gasteiger partial charge on any atom is -0.352 e. The molecule has 2 aromatic rings. The van der Waals surface area contributed by atoms with Gasteiger partial charge in [0.15, 0.2) is 0 Å². The number of rotatable bonds is 3. The predicted octanol–water partition coefficient (Wildman–Crippen LogP) is 3.08. The molecular weight excluding hydrogens is 369 g/mol. The van der Waals surface area contributed by atoms with Crippen molar-refractivity contribution in [2.24, 2.45) is 5.92 Å². The van der Waals surface area contributed by atoms with Crippen molar-refractivity contribution >= 4 is 17.5 Å². The van der Waals surface area contributed by atoms with E-state index < -0.39 is 11.5 Å². The van der Waals surface area contributed by atoms with E-state index in [-0.39, 0.29) is 23.7 Å². The fraction of sp³-hybridized carbons (Fsp3) is 0.391. The highest BCUT2D eigenvalue weighted by Crippen LogP contribution is 2.55. The Bertz CT molecular complexity index is 1010. The molecule has 3 aliphatic rings. The van der Waals surface area contributed by atoms with Crippen LogP contribution in [-0.4, -0.2) is 29.3 Å². The average molecular weight is 393 g/mol. The summed E-state index contributed by atoms with van der Waals surface area (Å²) in [5, 5.41) is 6.02. The number of amides is 2. The van der Waals surface area contributed by atoms with Crippen molar-refractivity contribution in [1.82, 2.24) is 10.2 Å². The molecule has 0 aliphatic carbocycles. The van der Waals surface area contributed by atoms with Crippen molar-refractivity contribution < 1.29 is 14.0 Å². The molecule has 0 unspecified atom stereocenters. The van der Waals surface area contributed by atoms with E-state index in [1.807, 2.05) is 24.3 Å². The van der Waals surface area contributed by atoms with E-state index in [0.717, 1.165) is 36.2 Å². The lowest BCUT2D eigenvalue weighted by molar-refractivity contribution is -0.137. The lowest BCUT2D eigenvalue weighted by Crippen LogP contribution is -2.54. The van der Waals surface area contributed by atoms with Crippen LogP contribution in [0.5, 0.6) is 0 Å². The quantitative estimate of drug-likeness (QED) is 0.843. The molecule has 2 aromatic carbocycles. The number of nitrogens with zero attached hydrogens (tertiary/aromatic N) is 1. The van der Waals surface area contributed by atoms with Gasteiger partial charge >= 0.3 is 0 Å². The monoisotopic (exact) mass is 393 g/mol. The molecule has 2 amide bonds.